The molecular weight excluding hydrogens is 70.0 g/mol. The van der Waals surface area contributed by atoms with E-state index < -0.39 is 0 Å². The van der Waals surface area contributed by atoms with Crippen LogP contribution in [-0.4, -0.2) is 7.11 Å². The van der Waals surface area contributed by atoms with Crippen molar-refractivity contribution in [2.45, 2.75) is 0 Å². The Bertz CT molecular complexity index is 46.1. The minimum absolute atomic E-state index is 1.27. The molecule has 0 heterocycles. The largest absolute Gasteiger partial charge is 0.324 e. The number of nitriles is 1. The highest BCUT2D eigenvalue weighted by Crippen LogP contribution is 1.58. The number of hydrogen-bond acceptors (Lipinski definition) is 3. The maximum atomic E-state index is 7.47. The smallest absolute Gasteiger partial charge is 0.254 e. The van der Waals surface area contributed by atoms with Crippen LogP contribution in [0, 0.1) is 11.5 Å². The first-order chi connectivity index (χ1) is 2.41. The van der Waals surface area contributed by atoms with Gasteiger partial charge in [0.05, 0.1) is 7.11 Å². The minimum Gasteiger partial charge on any atom is -0.254 e. The van der Waals surface area contributed by atoms with Crippen LogP contribution < -0.4 is 0 Å². The molecule has 0 atom stereocenters. The Hall–Kier alpha value is -0.750. The average Bonchev–Trinajstić information content (AvgIpc) is 1.41. The predicted molar refractivity (Wildman–Crippen MR) is 13.7 cm³/mol. The fraction of sp³-hybridized carbons (Fsp3) is 0.500. The Morgan fingerprint density at radius 2 is 2.40 bits per heavy atom. The van der Waals surface area contributed by atoms with E-state index in [0.717, 1.165) is 0 Å². The van der Waals surface area contributed by atoms with Gasteiger partial charge in [0.2, 0.25) is 0 Å². The summed E-state index contributed by atoms with van der Waals surface area (Å²) < 4.78 is 0. The second-order valence-electron chi connectivity index (χ2n) is 0.341. The molecule has 0 rings (SSSR count). The molecule has 0 aromatic carbocycles. The molecule has 0 bridgehead atoms. The summed E-state index contributed by atoms with van der Waals surface area (Å²) in [7, 11) is 1.27. The molecule has 0 aromatic heterocycles. The van der Waals surface area contributed by atoms with Gasteiger partial charge in [0.1, 0.15) is 0 Å². The van der Waals surface area contributed by atoms with Gasteiger partial charge in [0, 0.05) is 0 Å². The van der Waals surface area contributed by atoms with Crippen molar-refractivity contribution in [2.24, 2.45) is 0 Å². The van der Waals surface area contributed by atoms with Crippen LogP contribution in [0.4, 0.5) is 0 Å². The Kier molecular flexibility index (Phi) is 2.76. The first kappa shape index (κ1) is 4.25. The highest BCUT2D eigenvalue weighted by molar-refractivity contribution is 4.36. The summed E-state index contributed by atoms with van der Waals surface area (Å²) in [5, 5.41) is 7.47. The molecule has 0 saturated carbocycles. The van der Waals surface area contributed by atoms with Gasteiger partial charge in [-0.2, -0.15) is 4.89 Å². The molecule has 28 valence electrons. The minimum atomic E-state index is 1.27. The molecule has 0 amide bonds. The number of nitrogens with zero attached hydrogens (tertiary/aromatic N) is 1. The summed E-state index contributed by atoms with van der Waals surface area (Å²) in [6.07, 6.45) is 1.30. The molecular formula is C2H3NO2. The third kappa shape index (κ3) is 3.25. The van der Waals surface area contributed by atoms with Crippen molar-refractivity contribution in [2.75, 3.05) is 7.11 Å². The molecule has 5 heavy (non-hydrogen) atoms. The van der Waals surface area contributed by atoms with Gasteiger partial charge in [0.15, 0.2) is 0 Å². The van der Waals surface area contributed by atoms with E-state index in [9.17, 15) is 0 Å². The first-order valence-electron chi connectivity index (χ1n) is 1.00. The van der Waals surface area contributed by atoms with Crippen LogP contribution in [-0.2, 0) is 9.78 Å². The van der Waals surface area contributed by atoms with Crippen LogP contribution in [0.3, 0.4) is 0 Å². The van der Waals surface area contributed by atoms with Crippen LogP contribution in [0.25, 0.3) is 0 Å². The van der Waals surface area contributed by atoms with E-state index in [1.54, 1.807) is 0 Å². The number of hydrogen-bond donors (Lipinski definition) is 0. The van der Waals surface area contributed by atoms with E-state index in [0.29, 0.717) is 0 Å². The Morgan fingerprint density at radius 1 is 1.80 bits per heavy atom. The van der Waals surface area contributed by atoms with Crippen molar-refractivity contribution in [3.63, 3.8) is 0 Å². The lowest BCUT2D eigenvalue weighted by molar-refractivity contribution is -0.211. The summed E-state index contributed by atoms with van der Waals surface area (Å²) in [6, 6.07) is 0. The van der Waals surface area contributed by atoms with E-state index in [-0.39, 0.29) is 0 Å². The fourth-order valence-electron chi connectivity index (χ4n) is 0.0373. The number of rotatable bonds is 1. The lowest BCUT2D eigenvalue weighted by atomic mass is 11.6. The van der Waals surface area contributed by atoms with Crippen molar-refractivity contribution < 1.29 is 9.78 Å². The van der Waals surface area contributed by atoms with Crippen molar-refractivity contribution in [3.05, 3.63) is 0 Å². The topological polar surface area (TPSA) is 42.2 Å². The zero-order valence-corrected chi connectivity index (χ0v) is 2.76. The van der Waals surface area contributed by atoms with Crippen molar-refractivity contribution in [1.82, 2.24) is 0 Å². The van der Waals surface area contributed by atoms with E-state index in [4.69, 9.17) is 5.26 Å². The van der Waals surface area contributed by atoms with Gasteiger partial charge in [-0.1, -0.05) is 0 Å². The summed E-state index contributed by atoms with van der Waals surface area (Å²) in [5.41, 5.74) is 0. The van der Waals surface area contributed by atoms with Gasteiger partial charge in [-0.15, -0.1) is 5.26 Å². The second-order valence-corrected chi connectivity index (χ2v) is 0.341. The SMILES string of the molecule is COOC#N. The predicted octanol–water partition coefficient (Wildman–Crippen LogP) is 0.0455. The quantitative estimate of drug-likeness (QED) is 0.250. The summed E-state index contributed by atoms with van der Waals surface area (Å²) in [6.45, 7) is 0. The van der Waals surface area contributed by atoms with E-state index in [2.05, 4.69) is 9.78 Å². The molecule has 0 saturated heterocycles. The van der Waals surface area contributed by atoms with Gasteiger partial charge in [-0.3, -0.25) is 4.89 Å². The van der Waals surface area contributed by atoms with Crippen molar-refractivity contribution in [3.8, 4) is 6.26 Å². The normalized spacial score (nSPS) is 5.60. The first-order valence-corrected chi connectivity index (χ1v) is 1.00. The van der Waals surface area contributed by atoms with Gasteiger partial charge >= 0.3 is 6.26 Å². The summed E-state index contributed by atoms with van der Waals surface area (Å²) in [5.74, 6) is 0. The maximum absolute atomic E-state index is 7.47. The van der Waals surface area contributed by atoms with Crippen LogP contribution in [0.5, 0.6) is 0 Å². The van der Waals surface area contributed by atoms with Crippen molar-refractivity contribution >= 4 is 0 Å². The molecule has 0 aliphatic rings. The monoisotopic (exact) mass is 73.0 g/mol. The van der Waals surface area contributed by atoms with Gasteiger partial charge in [-0.05, 0) is 0 Å². The van der Waals surface area contributed by atoms with Crippen LogP contribution in [0.15, 0.2) is 0 Å². The van der Waals surface area contributed by atoms with Crippen LogP contribution in [0.2, 0.25) is 0 Å². The van der Waals surface area contributed by atoms with Gasteiger partial charge < -0.3 is 0 Å². The van der Waals surface area contributed by atoms with Crippen LogP contribution >= 0.6 is 0 Å². The lowest BCUT2D eigenvalue weighted by Crippen LogP contribution is -1.72. The molecule has 0 fully saturated rings. The molecule has 0 unspecified atom stereocenters. The standard InChI is InChI=1S/C2H3NO2/c1-4-5-2-3/h1H3. The highest BCUT2D eigenvalue weighted by atomic mass is 17.2. The fourth-order valence-corrected chi connectivity index (χ4v) is 0.0373. The van der Waals surface area contributed by atoms with Crippen molar-refractivity contribution in [1.29, 1.82) is 5.26 Å². The van der Waals surface area contributed by atoms with E-state index in [1.165, 1.54) is 13.4 Å². The van der Waals surface area contributed by atoms with E-state index >= 15 is 0 Å². The second kappa shape index (κ2) is 3.25. The third-order valence-corrected chi connectivity index (χ3v) is 0.121. The molecule has 0 N–H and O–H groups in total. The zero-order chi connectivity index (χ0) is 4.12. The molecule has 0 aliphatic carbocycles. The third-order valence-electron chi connectivity index (χ3n) is 0.121. The Morgan fingerprint density at radius 3 is 2.40 bits per heavy atom. The lowest BCUT2D eigenvalue weighted by Gasteiger charge is -1.76. The molecule has 0 radical (unpaired) electrons. The Balaban J connectivity index is 2.48. The van der Waals surface area contributed by atoms with Crippen LogP contribution in [0.1, 0.15) is 0 Å². The summed E-state index contributed by atoms with van der Waals surface area (Å²) in [4.78, 5) is 7.47. The molecule has 0 aromatic rings. The zero-order valence-electron chi connectivity index (χ0n) is 2.76. The van der Waals surface area contributed by atoms with Gasteiger partial charge in [0.25, 0.3) is 0 Å². The maximum Gasteiger partial charge on any atom is 0.324 e. The molecule has 0 spiro atoms. The Labute approximate surface area is 29.7 Å². The molecule has 3 heteroatoms. The van der Waals surface area contributed by atoms with E-state index in [1.807, 2.05) is 0 Å². The average molecular weight is 73.1 g/mol. The summed E-state index contributed by atoms with van der Waals surface area (Å²) >= 11 is 0. The van der Waals surface area contributed by atoms with Gasteiger partial charge in [-0.25, -0.2) is 0 Å². The molecule has 0 aliphatic heterocycles. The highest BCUT2D eigenvalue weighted by Gasteiger charge is 1.59. The molecule has 3 nitrogen and oxygen atoms in total.